The molecule has 3 amide bonds. The van der Waals surface area contributed by atoms with E-state index in [1.54, 1.807) is 90.1 Å². The number of nitrogens with one attached hydrogen (secondary N) is 3. The molecule has 4 rings (SSSR count). The molecule has 0 aromatic heterocycles. The molecule has 0 saturated heterocycles. The summed E-state index contributed by atoms with van der Waals surface area (Å²) >= 11 is 0. The molecule has 0 bridgehead atoms. The monoisotopic (exact) mass is 838 g/mol. The predicted molar refractivity (Wildman–Crippen MR) is 236 cm³/mol. The van der Waals surface area contributed by atoms with Crippen LogP contribution in [0.25, 0.3) is 0 Å². The molecule has 4 aromatic carbocycles. The number of rotatable bonds is 17. The van der Waals surface area contributed by atoms with E-state index in [1.807, 2.05) is 60.7 Å². The summed E-state index contributed by atoms with van der Waals surface area (Å²) in [6, 6.07) is 31.3. The van der Waals surface area contributed by atoms with Crippen molar-refractivity contribution >= 4 is 29.7 Å². The van der Waals surface area contributed by atoms with Gasteiger partial charge in [0.15, 0.2) is 11.6 Å². The highest BCUT2D eigenvalue weighted by Gasteiger charge is 2.29. The quantitative estimate of drug-likeness (QED) is 0.0771. The van der Waals surface area contributed by atoms with Crippen molar-refractivity contribution in [3.63, 3.8) is 0 Å². The zero-order valence-electron chi connectivity index (χ0n) is 36.8. The lowest BCUT2D eigenvalue weighted by molar-refractivity contribution is -0.120. The topological polar surface area (TPSA) is 184 Å². The van der Waals surface area contributed by atoms with Crippen molar-refractivity contribution in [2.75, 3.05) is 13.2 Å². The highest BCUT2D eigenvalue weighted by atomic mass is 16.6. The first-order chi connectivity index (χ1) is 28.7. The molecule has 0 radical (unpaired) electrons. The van der Waals surface area contributed by atoms with Crippen LogP contribution < -0.4 is 31.2 Å². The van der Waals surface area contributed by atoms with Gasteiger partial charge >= 0.3 is 12.2 Å². The maximum Gasteiger partial charge on any atom is 0.407 e. The van der Waals surface area contributed by atoms with E-state index in [0.717, 1.165) is 11.1 Å². The number of carbonyl (C=O) groups is 5. The zero-order chi connectivity index (χ0) is 45.2. The number of para-hydroxylation sites is 2. The van der Waals surface area contributed by atoms with Gasteiger partial charge in [-0.25, -0.2) is 9.59 Å². The van der Waals surface area contributed by atoms with Crippen LogP contribution >= 0.6 is 0 Å². The summed E-state index contributed by atoms with van der Waals surface area (Å²) < 4.78 is 22.6. The van der Waals surface area contributed by atoms with Gasteiger partial charge in [0.05, 0.1) is 35.3 Å². The SMILES string of the molecule is CC(=O)N[C@H](COc1ccccc1C(C)=O)[C@H](Cc1ccccc1)NC(=O)OC(C)(C)C.CC(=O)c1ccccc1OC[C@@H](N)[C@H](Cc1ccccc1)NC(=O)OC(C)(C)C. The number of carbonyl (C=O) groups excluding carboxylic acids is 5. The molecule has 0 fully saturated rings. The number of hydrogen-bond acceptors (Lipinski definition) is 10. The van der Waals surface area contributed by atoms with E-state index >= 15 is 0 Å². The third kappa shape index (κ3) is 18.7. The van der Waals surface area contributed by atoms with Gasteiger partial charge in [0.25, 0.3) is 0 Å². The Morgan fingerprint density at radius 1 is 0.508 bits per heavy atom. The number of amides is 3. The molecule has 13 nitrogen and oxygen atoms in total. The molecular weight excluding hydrogens is 777 g/mol. The lowest BCUT2D eigenvalue weighted by Gasteiger charge is -2.30. The average molecular weight is 839 g/mol. The standard InChI is InChI=1S/C25H32N2O5.C23H30N2O4/c1-17(28)20-13-9-10-14-23(20)31-16-22(26-18(2)29)21(15-19-11-7-6-8-12-19)27-24(30)32-25(3,4)5;1-16(26)18-12-8-9-13-21(18)28-15-19(24)20(14-17-10-6-5-7-11-17)25-22(27)29-23(2,3)4/h6-14,21-22H,15-16H2,1-5H3,(H,26,29)(H,27,30);5-13,19-20H,14-15,24H2,1-4H3,(H,25,27)/t21-,22+;19-,20+/m01/s1. The van der Waals surface area contributed by atoms with Gasteiger partial charge in [0.2, 0.25) is 5.91 Å². The molecule has 0 aliphatic rings. The van der Waals surface area contributed by atoms with Gasteiger partial charge in [-0.05, 0) is 104 Å². The van der Waals surface area contributed by atoms with Gasteiger partial charge < -0.3 is 40.6 Å². The lowest BCUT2D eigenvalue weighted by Crippen LogP contribution is -2.55. The summed E-state index contributed by atoms with van der Waals surface area (Å²) in [6.07, 6.45) is -0.141. The van der Waals surface area contributed by atoms with Crippen molar-refractivity contribution in [2.24, 2.45) is 5.73 Å². The molecule has 0 aliphatic heterocycles. The van der Waals surface area contributed by atoms with Gasteiger partial charge in [-0.3, -0.25) is 14.4 Å². The minimum Gasteiger partial charge on any atom is -0.491 e. The van der Waals surface area contributed by atoms with Crippen molar-refractivity contribution in [1.82, 2.24) is 16.0 Å². The first-order valence-corrected chi connectivity index (χ1v) is 20.3. The number of hydrogen-bond donors (Lipinski definition) is 4. The number of alkyl carbamates (subject to hydrolysis) is 2. The predicted octanol–water partition coefficient (Wildman–Crippen LogP) is 7.64. The Bertz CT molecular complexity index is 2030. The molecular formula is C48H62N4O9. The molecule has 0 aliphatic carbocycles. The van der Waals surface area contributed by atoms with Crippen LogP contribution in [0.5, 0.6) is 11.5 Å². The molecule has 5 N–H and O–H groups in total. The average Bonchev–Trinajstić information content (AvgIpc) is 3.17. The Hall–Kier alpha value is -6.21. The molecule has 4 aromatic rings. The third-order valence-corrected chi connectivity index (χ3v) is 8.77. The van der Waals surface area contributed by atoms with Crippen LogP contribution in [0, 0.1) is 0 Å². The van der Waals surface area contributed by atoms with Crippen molar-refractivity contribution in [2.45, 2.75) is 111 Å². The molecule has 13 heteroatoms. The first-order valence-electron chi connectivity index (χ1n) is 20.3. The van der Waals surface area contributed by atoms with Gasteiger partial charge in [-0.2, -0.15) is 0 Å². The van der Waals surface area contributed by atoms with Crippen LogP contribution in [0.1, 0.15) is 94.2 Å². The van der Waals surface area contributed by atoms with Crippen LogP contribution in [0.15, 0.2) is 109 Å². The van der Waals surface area contributed by atoms with Crippen LogP contribution in [0.2, 0.25) is 0 Å². The molecule has 4 atom stereocenters. The number of nitrogens with two attached hydrogens (primary N) is 1. The fourth-order valence-electron chi connectivity index (χ4n) is 6.03. The highest BCUT2D eigenvalue weighted by Crippen LogP contribution is 2.21. The Kier molecular flexibility index (Phi) is 19.0. The summed E-state index contributed by atoms with van der Waals surface area (Å²) in [7, 11) is 0. The molecule has 61 heavy (non-hydrogen) atoms. The lowest BCUT2D eigenvalue weighted by atomic mass is 9.99. The summed E-state index contributed by atoms with van der Waals surface area (Å²) in [5.74, 6) is 0.436. The van der Waals surface area contributed by atoms with E-state index < -0.39 is 47.6 Å². The Morgan fingerprint density at radius 3 is 1.30 bits per heavy atom. The maximum atomic E-state index is 12.5. The second-order valence-electron chi connectivity index (χ2n) is 16.6. The number of Topliss-reactive ketones (excluding diaryl/α,β-unsaturated/α-hetero) is 2. The largest absolute Gasteiger partial charge is 0.491 e. The smallest absolute Gasteiger partial charge is 0.407 e. The van der Waals surface area contributed by atoms with Crippen LogP contribution in [-0.4, -0.2) is 78.2 Å². The van der Waals surface area contributed by atoms with Gasteiger partial charge in [0, 0.05) is 6.92 Å². The summed E-state index contributed by atoms with van der Waals surface area (Å²) in [4.78, 5) is 60.5. The zero-order valence-corrected chi connectivity index (χ0v) is 36.8. The normalized spacial score (nSPS) is 13.1. The van der Waals surface area contributed by atoms with E-state index in [0.29, 0.717) is 35.5 Å². The third-order valence-electron chi connectivity index (χ3n) is 8.77. The molecule has 0 unspecified atom stereocenters. The minimum atomic E-state index is -0.665. The molecule has 328 valence electrons. The van der Waals surface area contributed by atoms with Crippen molar-refractivity contribution in [3.05, 3.63) is 131 Å². The van der Waals surface area contributed by atoms with Crippen LogP contribution in [0.3, 0.4) is 0 Å². The fourth-order valence-corrected chi connectivity index (χ4v) is 6.03. The second-order valence-corrected chi connectivity index (χ2v) is 16.6. The van der Waals surface area contributed by atoms with Gasteiger partial charge in [-0.15, -0.1) is 0 Å². The Labute approximate surface area is 360 Å². The van der Waals surface area contributed by atoms with Crippen molar-refractivity contribution < 1.29 is 42.9 Å². The van der Waals surface area contributed by atoms with Gasteiger partial charge in [0.1, 0.15) is 35.9 Å². The van der Waals surface area contributed by atoms with E-state index in [-0.39, 0.29) is 30.7 Å². The fraction of sp³-hybridized carbons (Fsp3) is 0.396. The minimum absolute atomic E-state index is 0.0527. The van der Waals surface area contributed by atoms with E-state index in [1.165, 1.54) is 20.8 Å². The number of ketones is 2. The number of benzene rings is 4. The molecule has 0 saturated carbocycles. The summed E-state index contributed by atoms with van der Waals surface area (Å²) in [5.41, 5.74) is 8.07. The van der Waals surface area contributed by atoms with Crippen molar-refractivity contribution in [3.8, 4) is 11.5 Å². The molecule has 0 heterocycles. The van der Waals surface area contributed by atoms with Crippen LogP contribution in [0.4, 0.5) is 9.59 Å². The van der Waals surface area contributed by atoms with E-state index in [4.69, 9.17) is 24.7 Å². The maximum absolute atomic E-state index is 12.5. The number of ether oxygens (including phenoxy) is 4. The first kappa shape index (κ1) is 49.2. The Morgan fingerprint density at radius 2 is 0.885 bits per heavy atom. The van der Waals surface area contributed by atoms with Crippen molar-refractivity contribution in [1.29, 1.82) is 0 Å². The second kappa shape index (κ2) is 23.5. The molecule has 0 spiro atoms. The van der Waals surface area contributed by atoms with Gasteiger partial charge in [-0.1, -0.05) is 84.9 Å². The summed E-state index contributed by atoms with van der Waals surface area (Å²) in [5, 5.41) is 8.61. The highest BCUT2D eigenvalue weighted by molar-refractivity contribution is 5.97. The van der Waals surface area contributed by atoms with E-state index in [9.17, 15) is 24.0 Å². The summed E-state index contributed by atoms with van der Waals surface area (Å²) in [6.45, 7) is 15.3. The van der Waals surface area contributed by atoms with E-state index in [2.05, 4.69) is 16.0 Å². The Balaban J connectivity index is 0.000000327. The van der Waals surface area contributed by atoms with Crippen LogP contribution in [-0.2, 0) is 27.1 Å².